The van der Waals surface area contributed by atoms with Crippen LogP contribution in [0.5, 0.6) is 0 Å². The highest BCUT2D eigenvalue weighted by Crippen LogP contribution is 2.33. The molecule has 4 aromatic rings. The smallest absolute Gasteiger partial charge is 0.250 e. The number of aromatic nitrogens is 3. The third kappa shape index (κ3) is 5.64. The number of nitrogens with zero attached hydrogens (tertiary/aromatic N) is 6. The zero-order valence-corrected chi connectivity index (χ0v) is 20.5. The van der Waals surface area contributed by atoms with Crippen molar-refractivity contribution in [3.63, 3.8) is 0 Å². The van der Waals surface area contributed by atoms with E-state index in [4.69, 9.17) is 14.7 Å². The van der Waals surface area contributed by atoms with Gasteiger partial charge in [0, 0.05) is 34.5 Å². The van der Waals surface area contributed by atoms with Crippen molar-refractivity contribution < 1.29 is 4.74 Å². The van der Waals surface area contributed by atoms with E-state index in [0.29, 0.717) is 44.1 Å². The van der Waals surface area contributed by atoms with Gasteiger partial charge in [0.05, 0.1) is 19.4 Å². The monoisotopic (exact) mass is 529 g/mol. The van der Waals surface area contributed by atoms with Gasteiger partial charge in [-0.05, 0) is 30.3 Å². The van der Waals surface area contributed by atoms with Gasteiger partial charge in [0.25, 0.3) is 0 Å². The second-order valence-electron chi connectivity index (χ2n) is 7.76. The number of ether oxygens (including phenoxy) is 1. The predicted octanol–water partition coefficient (Wildman–Crippen LogP) is 5.39. The van der Waals surface area contributed by atoms with Gasteiger partial charge >= 0.3 is 0 Å². The van der Waals surface area contributed by atoms with Gasteiger partial charge in [-0.2, -0.15) is 20.1 Å². The molecule has 2 heterocycles. The summed E-state index contributed by atoms with van der Waals surface area (Å²) >= 11 is 3.54. The van der Waals surface area contributed by atoms with Gasteiger partial charge in [-0.3, -0.25) is 4.90 Å². The van der Waals surface area contributed by atoms with Crippen molar-refractivity contribution in [1.82, 2.24) is 15.0 Å². The second-order valence-corrected chi connectivity index (χ2v) is 8.61. The molecule has 35 heavy (non-hydrogen) atoms. The van der Waals surface area contributed by atoms with E-state index >= 15 is 0 Å². The van der Waals surface area contributed by atoms with Crippen molar-refractivity contribution in [2.45, 2.75) is 0 Å². The van der Waals surface area contributed by atoms with Crippen LogP contribution in [0.3, 0.4) is 0 Å². The van der Waals surface area contributed by atoms with Gasteiger partial charge in [-0.1, -0.05) is 70.5 Å². The average molecular weight is 530 g/mol. The molecule has 0 saturated carbocycles. The summed E-state index contributed by atoms with van der Waals surface area (Å²) in [4.78, 5) is 18.4. The first kappa shape index (κ1) is 22.9. The largest absolute Gasteiger partial charge is 0.378 e. The minimum Gasteiger partial charge on any atom is -0.378 e. The Kier molecular flexibility index (Phi) is 7.26. The fourth-order valence-electron chi connectivity index (χ4n) is 3.68. The van der Waals surface area contributed by atoms with E-state index in [1.54, 1.807) is 6.21 Å². The number of hydrogen-bond donors (Lipinski definition) is 1. The molecule has 0 bridgehead atoms. The van der Waals surface area contributed by atoms with Crippen LogP contribution < -0.4 is 15.2 Å². The number of hydrogen-bond acceptors (Lipinski definition) is 8. The Labute approximate surface area is 212 Å². The molecule has 0 aliphatic carbocycles. The van der Waals surface area contributed by atoms with Crippen molar-refractivity contribution in [3.05, 3.63) is 95.0 Å². The minimum atomic E-state index is 0.358. The number of para-hydroxylation sites is 2. The summed E-state index contributed by atoms with van der Waals surface area (Å²) in [6.45, 7) is 2.68. The summed E-state index contributed by atoms with van der Waals surface area (Å²) in [5, 5.41) is 4.39. The van der Waals surface area contributed by atoms with Crippen LogP contribution in [-0.2, 0) is 4.74 Å². The molecule has 0 atom stereocenters. The standard InChI is InChI=1S/C26H24BrN7O/c27-23-14-8-7-9-20(23)19-28-32-24-29-25(33-15-17-35-18-16-33)31-26(30-24)34(21-10-3-1-4-11-21)22-12-5-2-6-13-22/h1-14,19H,15-18H2,(H,29,30,31,32)/b28-19+. The number of nitrogens with one attached hydrogen (secondary N) is 1. The second kappa shape index (κ2) is 11.1. The first-order valence-corrected chi connectivity index (χ1v) is 12.1. The summed E-state index contributed by atoms with van der Waals surface area (Å²) in [6, 6.07) is 28.0. The van der Waals surface area contributed by atoms with Crippen molar-refractivity contribution >= 4 is 51.4 Å². The van der Waals surface area contributed by atoms with Crippen LogP contribution >= 0.6 is 15.9 Å². The van der Waals surface area contributed by atoms with E-state index in [1.807, 2.05) is 89.8 Å². The van der Waals surface area contributed by atoms with Crippen molar-refractivity contribution in [2.75, 3.05) is 41.5 Å². The molecule has 176 valence electrons. The SMILES string of the molecule is Brc1ccccc1/C=N/Nc1nc(N2CCOCC2)nc(N(c2ccccc2)c2ccccc2)n1. The van der Waals surface area contributed by atoms with E-state index in [2.05, 4.69) is 36.3 Å². The summed E-state index contributed by atoms with van der Waals surface area (Å²) in [5.74, 6) is 1.43. The number of rotatable bonds is 7. The summed E-state index contributed by atoms with van der Waals surface area (Å²) < 4.78 is 6.48. The normalized spacial score (nSPS) is 13.7. The lowest BCUT2D eigenvalue weighted by atomic mass is 10.2. The van der Waals surface area contributed by atoms with Crippen LogP contribution in [0.2, 0.25) is 0 Å². The molecular weight excluding hydrogens is 506 g/mol. The molecule has 5 rings (SSSR count). The molecular formula is C26H24BrN7O. The van der Waals surface area contributed by atoms with Gasteiger partial charge in [0.15, 0.2) is 0 Å². The molecule has 0 spiro atoms. The maximum absolute atomic E-state index is 5.53. The van der Waals surface area contributed by atoms with Crippen LogP contribution in [0.25, 0.3) is 0 Å². The fourth-order valence-corrected chi connectivity index (χ4v) is 4.07. The molecule has 3 aromatic carbocycles. The Morgan fingerprint density at radius 3 is 2.11 bits per heavy atom. The Morgan fingerprint density at radius 1 is 0.829 bits per heavy atom. The van der Waals surface area contributed by atoms with E-state index in [1.165, 1.54) is 0 Å². The van der Waals surface area contributed by atoms with Crippen LogP contribution in [0, 0.1) is 0 Å². The van der Waals surface area contributed by atoms with Gasteiger partial charge in [0.1, 0.15) is 0 Å². The van der Waals surface area contributed by atoms with Crippen molar-refractivity contribution in [2.24, 2.45) is 5.10 Å². The first-order chi connectivity index (χ1) is 17.3. The lowest BCUT2D eigenvalue weighted by Gasteiger charge is -2.28. The molecule has 8 nitrogen and oxygen atoms in total. The summed E-state index contributed by atoms with van der Waals surface area (Å²) in [7, 11) is 0. The minimum absolute atomic E-state index is 0.358. The number of benzene rings is 3. The molecule has 0 amide bonds. The van der Waals surface area contributed by atoms with E-state index in [-0.39, 0.29) is 0 Å². The fraction of sp³-hybridized carbons (Fsp3) is 0.154. The maximum Gasteiger partial charge on any atom is 0.250 e. The predicted molar refractivity (Wildman–Crippen MR) is 143 cm³/mol. The Hall–Kier alpha value is -3.82. The number of hydrazone groups is 1. The lowest BCUT2D eigenvalue weighted by molar-refractivity contribution is 0.122. The zero-order valence-electron chi connectivity index (χ0n) is 19.0. The molecule has 9 heteroatoms. The molecule has 1 aliphatic heterocycles. The molecule has 1 aliphatic rings. The zero-order chi connectivity index (χ0) is 23.9. The van der Waals surface area contributed by atoms with Gasteiger partial charge in [0.2, 0.25) is 17.8 Å². The van der Waals surface area contributed by atoms with Crippen molar-refractivity contribution in [1.29, 1.82) is 0 Å². The van der Waals surface area contributed by atoms with Crippen LogP contribution in [-0.4, -0.2) is 47.5 Å². The lowest BCUT2D eigenvalue weighted by Crippen LogP contribution is -2.37. The molecule has 1 fully saturated rings. The van der Waals surface area contributed by atoms with Gasteiger partial charge in [-0.25, -0.2) is 5.43 Å². The third-order valence-corrected chi connectivity index (χ3v) is 6.13. The maximum atomic E-state index is 5.53. The molecule has 1 saturated heterocycles. The highest BCUT2D eigenvalue weighted by Gasteiger charge is 2.21. The Bertz CT molecular complexity index is 1240. The number of morpholine rings is 1. The van der Waals surface area contributed by atoms with Crippen LogP contribution in [0.1, 0.15) is 5.56 Å². The summed E-state index contributed by atoms with van der Waals surface area (Å²) in [5.41, 5.74) is 5.83. The quantitative estimate of drug-likeness (QED) is 0.254. The average Bonchev–Trinajstić information content (AvgIpc) is 2.92. The Balaban J connectivity index is 1.55. The Morgan fingerprint density at radius 2 is 1.46 bits per heavy atom. The van der Waals surface area contributed by atoms with Crippen LogP contribution in [0.4, 0.5) is 29.2 Å². The van der Waals surface area contributed by atoms with Crippen molar-refractivity contribution in [3.8, 4) is 0 Å². The van der Waals surface area contributed by atoms with Crippen LogP contribution in [0.15, 0.2) is 94.5 Å². The highest BCUT2D eigenvalue weighted by atomic mass is 79.9. The highest BCUT2D eigenvalue weighted by molar-refractivity contribution is 9.10. The third-order valence-electron chi connectivity index (χ3n) is 5.41. The van der Waals surface area contributed by atoms with Gasteiger partial charge in [-0.15, -0.1) is 0 Å². The molecule has 1 N–H and O–H groups in total. The van der Waals surface area contributed by atoms with E-state index < -0.39 is 0 Å². The molecule has 0 unspecified atom stereocenters. The van der Waals surface area contributed by atoms with E-state index in [0.717, 1.165) is 21.4 Å². The first-order valence-electron chi connectivity index (χ1n) is 11.3. The number of halogens is 1. The molecule has 1 aromatic heterocycles. The topological polar surface area (TPSA) is 78.8 Å². The van der Waals surface area contributed by atoms with E-state index in [9.17, 15) is 0 Å². The summed E-state index contributed by atoms with van der Waals surface area (Å²) in [6.07, 6.45) is 1.73. The van der Waals surface area contributed by atoms with Gasteiger partial charge < -0.3 is 9.64 Å². The molecule has 0 radical (unpaired) electrons. The number of anilines is 5.